The topological polar surface area (TPSA) is 99.6 Å². The monoisotopic (exact) mass is 476 g/mol. The van der Waals surface area contributed by atoms with Gasteiger partial charge in [-0.15, -0.1) is 0 Å². The van der Waals surface area contributed by atoms with Gasteiger partial charge in [0, 0.05) is 37.7 Å². The lowest BCUT2D eigenvalue weighted by atomic mass is 10.1. The Kier molecular flexibility index (Phi) is 8.95. The number of allylic oxidation sites excluding steroid dienone is 2. The summed E-state index contributed by atoms with van der Waals surface area (Å²) in [5.74, 6) is -0.575. The number of benzene rings is 1. The molecule has 0 bridgehead atoms. The number of hydrogen-bond acceptors (Lipinski definition) is 6. The molecule has 1 amide bonds. The third-order valence-corrected chi connectivity index (χ3v) is 7.29. The number of methoxy groups -OCH3 is 1. The van der Waals surface area contributed by atoms with E-state index in [9.17, 15) is 18.0 Å². The molecule has 33 heavy (non-hydrogen) atoms. The summed E-state index contributed by atoms with van der Waals surface area (Å²) in [6.45, 7) is 10.6. The van der Waals surface area contributed by atoms with Crippen LogP contribution in [0.2, 0.25) is 0 Å². The molecule has 0 aromatic heterocycles. The summed E-state index contributed by atoms with van der Waals surface area (Å²) in [7, 11) is -2.68. The Bertz CT molecular complexity index is 1020. The van der Waals surface area contributed by atoms with Crippen LogP contribution < -0.4 is 4.31 Å². The smallest absolute Gasteiger partial charge is 0.333 e. The zero-order valence-electron chi connectivity index (χ0n) is 19.8. The lowest BCUT2D eigenvalue weighted by Crippen LogP contribution is -2.61. The van der Waals surface area contributed by atoms with Crippen LogP contribution in [0.25, 0.3) is 0 Å². The van der Waals surface area contributed by atoms with Gasteiger partial charge in [-0.2, -0.15) is 12.7 Å². The SMILES string of the molecule is C=N/C(=C\C=C(/C)C(=O)OC)CN(c1ccccc1)S(=O)(=O)N1C[C@@H](C)N(C(C)=O)[C@@H](C)C1. The molecule has 0 aliphatic carbocycles. The van der Waals surface area contributed by atoms with E-state index in [1.165, 1.54) is 28.7 Å². The maximum Gasteiger partial charge on any atom is 0.333 e. The number of rotatable bonds is 8. The molecular weight excluding hydrogens is 444 g/mol. The summed E-state index contributed by atoms with van der Waals surface area (Å²) < 4.78 is 34.9. The van der Waals surface area contributed by atoms with Gasteiger partial charge in [-0.05, 0) is 45.7 Å². The number of piperazine rings is 1. The second kappa shape index (κ2) is 11.2. The van der Waals surface area contributed by atoms with Gasteiger partial charge in [-0.1, -0.05) is 24.3 Å². The number of carbonyl (C=O) groups is 2. The molecule has 0 unspecified atom stereocenters. The Morgan fingerprint density at radius 1 is 1.15 bits per heavy atom. The summed E-state index contributed by atoms with van der Waals surface area (Å²) >= 11 is 0. The molecule has 0 spiro atoms. The zero-order valence-corrected chi connectivity index (χ0v) is 20.6. The van der Waals surface area contributed by atoms with Crippen molar-refractivity contribution in [2.75, 3.05) is 31.0 Å². The summed E-state index contributed by atoms with van der Waals surface area (Å²) in [5, 5.41) is 0. The first-order valence-corrected chi connectivity index (χ1v) is 12.0. The lowest BCUT2D eigenvalue weighted by molar-refractivity contribution is -0.136. The van der Waals surface area contributed by atoms with E-state index in [1.54, 1.807) is 48.2 Å². The molecule has 0 saturated carbocycles. The molecule has 2 rings (SSSR count). The molecule has 1 aromatic carbocycles. The minimum atomic E-state index is -3.97. The number of nitrogens with zero attached hydrogens (tertiary/aromatic N) is 4. The van der Waals surface area contributed by atoms with Gasteiger partial charge < -0.3 is 9.64 Å². The largest absolute Gasteiger partial charge is 0.466 e. The first-order valence-electron chi connectivity index (χ1n) is 10.6. The maximum absolute atomic E-state index is 13.8. The predicted octanol–water partition coefficient (Wildman–Crippen LogP) is 2.38. The first kappa shape index (κ1) is 26.3. The van der Waals surface area contributed by atoms with Crippen molar-refractivity contribution in [3.05, 3.63) is 53.8 Å². The molecule has 0 N–H and O–H groups in total. The van der Waals surface area contributed by atoms with Crippen molar-refractivity contribution in [1.29, 1.82) is 0 Å². The van der Waals surface area contributed by atoms with Crippen molar-refractivity contribution in [2.45, 2.75) is 39.8 Å². The van der Waals surface area contributed by atoms with E-state index >= 15 is 0 Å². The van der Waals surface area contributed by atoms with Crippen molar-refractivity contribution < 1.29 is 22.7 Å². The molecule has 0 radical (unpaired) electrons. The number of para-hydroxylation sites is 1. The highest BCUT2D eigenvalue weighted by Gasteiger charge is 2.39. The molecule has 1 saturated heterocycles. The maximum atomic E-state index is 13.8. The number of esters is 1. The van der Waals surface area contributed by atoms with E-state index in [0.29, 0.717) is 17.0 Å². The molecule has 1 aliphatic rings. The Labute approximate surface area is 196 Å². The van der Waals surface area contributed by atoms with E-state index in [-0.39, 0.29) is 37.6 Å². The van der Waals surface area contributed by atoms with Gasteiger partial charge in [0.2, 0.25) is 5.91 Å². The summed E-state index contributed by atoms with van der Waals surface area (Å²) in [5.41, 5.74) is 1.17. The van der Waals surface area contributed by atoms with E-state index in [0.717, 1.165) is 0 Å². The number of ether oxygens (including phenoxy) is 1. The van der Waals surface area contributed by atoms with E-state index in [4.69, 9.17) is 0 Å². The highest BCUT2D eigenvalue weighted by Crippen LogP contribution is 2.26. The average Bonchev–Trinajstić information content (AvgIpc) is 2.78. The Morgan fingerprint density at radius 2 is 1.73 bits per heavy atom. The van der Waals surface area contributed by atoms with Crippen LogP contribution in [0.1, 0.15) is 27.7 Å². The van der Waals surface area contributed by atoms with Crippen molar-refractivity contribution in [3.63, 3.8) is 0 Å². The molecular formula is C23H32N4O5S. The van der Waals surface area contributed by atoms with Gasteiger partial charge >= 0.3 is 16.2 Å². The van der Waals surface area contributed by atoms with Crippen LogP contribution in [0, 0.1) is 0 Å². The normalized spacial score (nSPS) is 20.3. The second-order valence-corrected chi connectivity index (χ2v) is 9.80. The van der Waals surface area contributed by atoms with Crippen LogP contribution in [0.15, 0.2) is 58.7 Å². The second-order valence-electron chi connectivity index (χ2n) is 7.95. The van der Waals surface area contributed by atoms with Crippen LogP contribution in [-0.4, -0.2) is 75.0 Å². The minimum absolute atomic E-state index is 0.0826. The van der Waals surface area contributed by atoms with Gasteiger partial charge in [-0.3, -0.25) is 14.1 Å². The van der Waals surface area contributed by atoms with Gasteiger partial charge in [0.05, 0.1) is 25.0 Å². The zero-order chi connectivity index (χ0) is 24.8. The first-order chi connectivity index (χ1) is 15.5. The summed E-state index contributed by atoms with van der Waals surface area (Å²) in [6, 6.07) is 8.17. The van der Waals surface area contributed by atoms with Gasteiger partial charge in [0.15, 0.2) is 0 Å². The van der Waals surface area contributed by atoms with Crippen LogP contribution in [0.5, 0.6) is 0 Å². The number of aliphatic imine (C=N–C) groups is 1. The summed E-state index contributed by atoms with van der Waals surface area (Å²) in [6.07, 6.45) is 3.06. The molecule has 1 fully saturated rings. The number of amides is 1. The fraction of sp³-hybridized carbons (Fsp3) is 0.435. The Hall–Kier alpha value is -2.98. The number of anilines is 1. The molecule has 1 aromatic rings. The quantitative estimate of drug-likeness (QED) is 0.248. The Morgan fingerprint density at radius 3 is 2.21 bits per heavy atom. The van der Waals surface area contributed by atoms with Crippen molar-refractivity contribution >= 4 is 34.5 Å². The molecule has 1 heterocycles. The lowest BCUT2D eigenvalue weighted by Gasteiger charge is -2.44. The average molecular weight is 477 g/mol. The van der Waals surface area contributed by atoms with Crippen LogP contribution in [0.3, 0.4) is 0 Å². The third kappa shape index (κ3) is 6.29. The molecule has 1 aliphatic heterocycles. The highest BCUT2D eigenvalue weighted by atomic mass is 32.2. The molecule has 2 atom stereocenters. The van der Waals surface area contributed by atoms with Gasteiger partial charge in [-0.25, -0.2) is 4.79 Å². The molecule has 180 valence electrons. The van der Waals surface area contributed by atoms with Crippen molar-refractivity contribution in [1.82, 2.24) is 9.21 Å². The van der Waals surface area contributed by atoms with Crippen molar-refractivity contribution in [2.24, 2.45) is 4.99 Å². The molecule has 9 nitrogen and oxygen atoms in total. The summed E-state index contributed by atoms with van der Waals surface area (Å²) in [4.78, 5) is 29.3. The minimum Gasteiger partial charge on any atom is -0.466 e. The third-order valence-electron chi connectivity index (χ3n) is 5.44. The molecule has 10 heteroatoms. The van der Waals surface area contributed by atoms with Gasteiger partial charge in [0.1, 0.15) is 0 Å². The predicted molar refractivity (Wildman–Crippen MR) is 129 cm³/mol. The fourth-order valence-corrected chi connectivity index (χ4v) is 5.65. The van der Waals surface area contributed by atoms with E-state index in [1.807, 2.05) is 13.8 Å². The highest BCUT2D eigenvalue weighted by molar-refractivity contribution is 7.90. The van der Waals surface area contributed by atoms with Crippen LogP contribution in [0.4, 0.5) is 5.69 Å². The number of hydrogen-bond donors (Lipinski definition) is 0. The van der Waals surface area contributed by atoms with E-state index < -0.39 is 16.2 Å². The van der Waals surface area contributed by atoms with Crippen LogP contribution in [-0.2, 0) is 24.5 Å². The van der Waals surface area contributed by atoms with Gasteiger partial charge in [0.25, 0.3) is 0 Å². The Balaban J connectivity index is 2.43. The fourth-order valence-electron chi connectivity index (χ4n) is 3.88. The van der Waals surface area contributed by atoms with E-state index in [2.05, 4.69) is 16.4 Å². The standard InChI is InChI=1S/C23H32N4O5S/c1-17(23(29)32-6)12-13-21(24-5)16-26(22-10-8-7-9-11-22)33(30,31)25-14-18(2)27(20(4)28)19(3)15-25/h7-13,18-19H,5,14-16H2,1-4,6H3/b17-12+,21-13-/t18-,19+. The number of carbonyl (C=O) groups excluding carboxylic acids is 2. The van der Waals surface area contributed by atoms with Crippen LogP contribution >= 0.6 is 0 Å². The van der Waals surface area contributed by atoms with Crippen molar-refractivity contribution in [3.8, 4) is 0 Å².